The summed E-state index contributed by atoms with van der Waals surface area (Å²) in [7, 11) is 2.18. The van der Waals surface area contributed by atoms with Crippen LogP contribution in [0.5, 0.6) is 0 Å². The Kier molecular flexibility index (Phi) is 6.11. The highest BCUT2D eigenvalue weighted by atomic mass is 32.2. The zero-order valence-corrected chi connectivity index (χ0v) is 10.4. The third kappa shape index (κ3) is 4.04. The zero-order chi connectivity index (χ0) is 11.1. The number of hydrogen-bond donors (Lipinski definition) is 2. The molecule has 3 nitrogen and oxygen atoms in total. The lowest BCUT2D eigenvalue weighted by Gasteiger charge is -2.37. The van der Waals surface area contributed by atoms with E-state index in [4.69, 9.17) is 5.84 Å². The Balaban J connectivity index is 2.43. The van der Waals surface area contributed by atoms with Gasteiger partial charge in [-0.3, -0.25) is 11.3 Å². The topological polar surface area (TPSA) is 41.3 Å². The van der Waals surface area contributed by atoms with E-state index in [2.05, 4.69) is 29.2 Å². The van der Waals surface area contributed by atoms with Gasteiger partial charge in [-0.05, 0) is 20.4 Å². The van der Waals surface area contributed by atoms with Crippen molar-refractivity contribution in [2.75, 3.05) is 25.1 Å². The summed E-state index contributed by atoms with van der Waals surface area (Å²) >= 11 is 2.02. The number of hydrogen-bond acceptors (Lipinski definition) is 4. The fraction of sp³-hybridized carbons (Fsp3) is 0.818. The van der Waals surface area contributed by atoms with Crippen molar-refractivity contribution in [3.63, 3.8) is 0 Å². The Morgan fingerprint density at radius 1 is 1.67 bits per heavy atom. The van der Waals surface area contributed by atoms with E-state index in [0.29, 0.717) is 12.1 Å². The summed E-state index contributed by atoms with van der Waals surface area (Å²) in [5.41, 5.74) is 2.94. The number of nitrogens with two attached hydrogens (primary N) is 1. The van der Waals surface area contributed by atoms with Gasteiger partial charge < -0.3 is 4.90 Å². The molecule has 0 aliphatic carbocycles. The van der Waals surface area contributed by atoms with E-state index in [1.54, 1.807) is 0 Å². The molecule has 0 aromatic heterocycles. The van der Waals surface area contributed by atoms with Crippen LogP contribution in [0.25, 0.3) is 0 Å². The van der Waals surface area contributed by atoms with E-state index in [-0.39, 0.29) is 0 Å². The summed E-state index contributed by atoms with van der Waals surface area (Å²) in [6, 6.07) is 0.913. The van der Waals surface area contributed by atoms with E-state index >= 15 is 0 Å². The van der Waals surface area contributed by atoms with E-state index in [0.717, 1.165) is 19.4 Å². The van der Waals surface area contributed by atoms with E-state index < -0.39 is 0 Å². The lowest BCUT2D eigenvalue weighted by Crippen LogP contribution is -2.54. The molecule has 0 bridgehead atoms. The summed E-state index contributed by atoms with van der Waals surface area (Å²) in [5.74, 6) is 14.0. The van der Waals surface area contributed by atoms with Gasteiger partial charge in [0.05, 0.1) is 0 Å². The van der Waals surface area contributed by atoms with Crippen molar-refractivity contribution in [1.29, 1.82) is 0 Å². The van der Waals surface area contributed by atoms with Crippen LogP contribution in [0.2, 0.25) is 0 Å². The molecule has 15 heavy (non-hydrogen) atoms. The Bertz CT molecular complexity index is 234. The van der Waals surface area contributed by atoms with Crippen molar-refractivity contribution in [3.8, 4) is 11.8 Å². The SMILES string of the molecule is CC#CCCC(NN)C1CSCCN1C. The molecule has 2 atom stereocenters. The summed E-state index contributed by atoms with van der Waals surface area (Å²) in [5, 5.41) is 0. The van der Waals surface area contributed by atoms with Crippen LogP contribution >= 0.6 is 11.8 Å². The maximum absolute atomic E-state index is 5.61. The largest absolute Gasteiger partial charge is 0.300 e. The molecule has 1 aliphatic rings. The van der Waals surface area contributed by atoms with Crippen LogP contribution in [0.4, 0.5) is 0 Å². The van der Waals surface area contributed by atoms with Crippen molar-refractivity contribution in [1.82, 2.24) is 10.3 Å². The molecule has 1 heterocycles. The van der Waals surface area contributed by atoms with Crippen molar-refractivity contribution in [3.05, 3.63) is 0 Å². The van der Waals surface area contributed by atoms with Gasteiger partial charge in [0.2, 0.25) is 0 Å². The Morgan fingerprint density at radius 2 is 2.47 bits per heavy atom. The number of likely N-dealkylation sites (N-methyl/N-ethyl adjacent to an activating group) is 1. The van der Waals surface area contributed by atoms with Crippen LogP contribution in [-0.2, 0) is 0 Å². The van der Waals surface area contributed by atoms with Crippen molar-refractivity contribution < 1.29 is 0 Å². The Hall–Kier alpha value is -0.210. The minimum Gasteiger partial charge on any atom is -0.300 e. The second-order valence-electron chi connectivity index (χ2n) is 3.86. The first-order chi connectivity index (χ1) is 7.29. The van der Waals surface area contributed by atoms with Gasteiger partial charge in [-0.1, -0.05) is 0 Å². The first-order valence-electron chi connectivity index (χ1n) is 5.43. The number of hydrazine groups is 1. The second-order valence-corrected chi connectivity index (χ2v) is 5.01. The predicted octanol–water partition coefficient (Wildman–Crippen LogP) is 0.669. The average Bonchev–Trinajstić information content (AvgIpc) is 2.26. The molecule has 0 aromatic rings. The maximum Gasteiger partial charge on any atom is 0.0383 e. The van der Waals surface area contributed by atoms with E-state index in [1.165, 1.54) is 11.5 Å². The molecule has 0 aromatic carbocycles. The fourth-order valence-corrected chi connectivity index (χ4v) is 3.18. The quantitative estimate of drug-likeness (QED) is 0.421. The molecule has 86 valence electrons. The number of thioether (sulfide) groups is 1. The highest BCUT2D eigenvalue weighted by molar-refractivity contribution is 7.99. The van der Waals surface area contributed by atoms with Crippen LogP contribution in [0.3, 0.4) is 0 Å². The highest BCUT2D eigenvalue weighted by Crippen LogP contribution is 2.19. The van der Waals surface area contributed by atoms with Gasteiger partial charge in [-0.25, -0.2) is 0 Å². The van der Waals surface area contributed by atoms with Crippen molar-refractivity contribution >= 4 is 11.8 Å². The third-order valence-electron chi connectivity index (χ3n) is 2.88. The molecule has 0 amide bonds. The molecule has 1 aliphatic heterocycles. The summed E-state index contributed by atoms with van der Waals surface area (Å²) < 4.78 is 0. The molecule has 0 saturated carbocycles. The zero-order valence-electron chi connectivity index (χ0n) is 9.62. The second kappa shape index (κ2) is 7.13. The molecule has 0 radical (unpaired) electrons. The molecular weight excluding hydrogens is 206 g/mol. The fourth-order valence-electron chi connectivity index (χ4n) is 1.87. The van der Waals surface area contributed by atoms with Gasteiger partial charge >= 0.3 is 0 Å². The molecule has 1 fully saturated rings. The van der Waals surface area contributed by atoms with E-state index in [1.807, 2.05) is 18.7 Å². The predicted molar refractivity (Wildman–Crippen MR) is 67.5 cm³/mol. The number of nitrogens with zero attached hydrogens (tertiary/aromatic N) is 1. The number of nitrogens with one attached hydrogen (secondary N) is 1. The van der Waals surface area contributed by atoms with Gasteiger partial charge in [0.1, 0.15) is 0 Å². The van der Waals surface area contributed by atoms with Crippen LogP contribution < -0.4 is 11.3 Å². The monoisotopic (exact) mass is 227 g/mol. The Morgan fingerprint density at radius 3 is 3.07 bits per heavy atom. The van der Waals surface area contributed by atoms with Crippen molar-refractivity contribution in [2.24, 2.45) is 5.84 Å². The molecule has 2 unspecified atom stereocenters. The first kappa shape index (κ1) is 12.9. The van der Waals surface area contributed by atoms with Gasteiger partial charge in [0.25, 0.3) is 0 Å². The minimum atomic E-state index is 0.364. The lowest BCUT2D eigenvalue weighted by molar-refractivity contribution is 0.209. The van der Waals surface area contributed by atoms with Gasteiger partial charge in [0, 0.05) is 36.6 Å². The molecule has 0 spiro atoms. The van der Waals surface area contributed by atoms with Crippen LogP contribution in [0, 0.1) is 11.8 Å². The Labute approximate surface area is 97.1 Å². The minimum absolute atomic E-state index is 0.364. The van der Waals surface area contributed by atoms with Gasteiger partial charge in [0.15, 0.2) is 0 Å². The van der Waals surface area contributed by atoms with Crippen LogP contribution in [-0.4, -0.2) is 42.1 Å². The van der Waals surface area contributed by atoms with Gasteiger partial charge in [-0.15, -0.1) is 11.8 Å². The molecular formula is C11H21N3S. The number of rotatable bonds is 4. The first-order valence-corrected chi connectivity index (χ1v) is 6.58. The maximum atomic E-state index is 5.61. The van der Waals surface area contributed by atoms with E-state index in [9.17, 15) is 0 Å². The lowest BCUT2D eigenvalue weighted by atomic mass is 10.0. The summed E-state index contributed by atoms with van der Waals surface area (Å²) in [6.45, 7) is 3.04. The summed E-state index contributed by atoms with van der Waals surface area (Å²) in [6.07, 6.45) is 1.97. The molecule has 1 rings (SSSR count). The summed E-state index contributed by atoms with van der Waals surface area (Å²) in [4.78, 5) is 2.40. The van der Waals surface area contributed by atoms with Crippen LogP contribution in [0.1, 0.15) is 19.8 Å². The third-order valence-corrected chi connectivity index (χ3v) is 3.93. The molecule has 4 heteroatoms. The van der Waals surface area contributed by atoms with Crippen LogP contribution in [0.15, 0.2) is 0 Å². The molecule has 3 N–H and O–H groups in total. The normalized spacial score (nSPS) is 24.3. The smallest absolute Gasteiger partial charge is 0.0383 e. The molecule has 1 saturated heterocycles. The highest BCUT2D eigenvalue weighted by Gasteiger charge is 2.26. The average molecular weight is 227 g/mol. The standard InChI is InChI=1S/C11H21N3S/c1-3-4-5-6-10(13-12)11-9-15-8-7-14(11)2/h10-11,13H,5-9,12H2,1-2H3. The van der Waals surface area contributed by atoms with Crippen molar-refractivity contribution in [2.45, 2.75) is 31.8 Å². The van der Waals surface area contributed by atoms with Gasteiger partial charge in [-0.2, -0.15) is 11.8 Å².